The van der Waals surface area contributed by atoms with Crippen molar-refractivity contribution in [3.8, 4) is 23.0 Å². The summed E-state index contributed by atoms with van der Waals surface area (Å²) in [5.74, 6) is 3.51. The number of carbonyl (C=O) groups is 1. The number of hydrogen-bond donors (Lipinski definition) is 0. The molecule has 1 atom stereocenters. The predicted molar refractivity (Wildman–Crippen MR) is 127 cm³/mol. The average Bonchev–Trinajstić information content (AvgIpc) is 3.47. The number of hydrogen-bond acceptors (Lipinski definition) is 6. The molecule has 5 rings (SSSR count). The van der Waals surface area contributed by atoms with E-state index < -0.39 is 0 Å². The van der Waals surface area contributed by atoms with Crippen LogP contribution in [0.3, 0.4) is 0 Å². The Labute approximate surface area is 197 Å². The first-order valence-electron chi connectivity index (χ1n) is 10.9. The maximum atomic E-state index is 12.7. The van der Waals surface area contributed by atoms with Gasteiger partial charge in [-0.25, -0.2) is 0 Å². The lowest BCUT2D eigenvalue weighted by Gasteiger charge is -2.25. The van der Waals surface area contributed by atoms with Crippen LogP contribution in [-0.2, 0) is 17.8 Å². The summed E-state index contributed by atoms with van der Waals surface area (Å²) in [5, 5.41) is -0.0522. The minimum absolute atomic E-state index is 0.0522. The van der Waals surface area contributed by atoms with Crippen molar-refractivity contribution >= 4 is 17.7 Å². The molecular formula is C26H25NO5S. The zero-order valence-corrected chi connectivity index (χ0v) is 19.2. The van der Waals surface area contributed by atoms with Crippen molar-refractivity contribution in [1.82, 2.24) is 4.90 Å². The summed E-state index contributed by atoms with van der Waals surface area (Å²) in [6, 6.07) is 21.9. The zero-order chi connectivity index (χ0) is 22.6. The smallest absolute Gasteiger partial charge is 0.233 e. The fraction of sp³-hybridized carbons (Fsp3) is 0.269. The van der Waals surface area contributed by atoms with E-state index in [0.29, 0.717) is 30.4 Å². The summed E-state index contributed by atoms with van der Waals surface area (Å²) in [6.07, 6.45) is 0.745. The molecular weight excluding hydrogens is 438 g/mol. The molecule has 33 heavy (non-hydrogen) atoms. The Morgan fingerprint density at radius 3 is 2.67 bits per heavy atom. The van der Waals surface area contributed by atoms with Crippen molar-refractivity contribution in [2.75, 3.05) is 26.2 Å². The summed E-state index contributed by atoms with van der Waals surface area (Å²) >= 11 is 1.64. The quantitative estimate of drug-likeness (QED) is 0.477. The van der Waals surface area contributed by atoms with E-state index in [9.17, 15) is 4.79 Å². The van der Waals surface area contributed by atoms with Crippen LogP contribution in [0, 0.1) is 0 Å². The Hall–Kier alpha value is -3.32. The first kappa shape index (κ1) is 21.5. The third-order valence-corrected chi connectivity index (χ3v) is 7.01. The fourth-order valence-electron chi connectivity index (χ4n) is 4.01. The molecule has 2 heterocycles. The lowest BCUT2D eigenvalue weighted by molar-refractivity contribution is -0.128. The van der Waals surface area contributed by atoms with Gasteiger partial charge in [-0.05, 0) is 47.4 Å². The molecule has 0 aliphatic carbocycles. The van der Waals surface area contributed by atoms with Gasteiger partial charge in [0.15, 0.2) is 23.0 Å². The number of benzene rings is 3. The number of rotatable bonds is 8. The standard InChI is InChI=1S/C26H25NO5S/c1-29-23-14-20(8-10-21(23)30-15-19-5-3-2-4-6-19)26-27(25(28)16-33-26)12-11-18-7-9-22-24(13-18)32-17-31-22/h2-10,13-14,26H,11-12,15-17H2,1H3. The van der Waals surface area contributed by atoms with Gasteiger partial charge in [0.2, 0.25) is 12.7 Å². The van der Waals surface area contributed by atoms with Crippen LogP contribution in [0.2, 0.25) is 0 Å². The van der Waals surface area contributed by atoms with Crippen LogP contribution in [0.5, 0.6) is 23.0 Å². The molecule has 1 amide bonds. The fourth-order valence-corrected chi connectivity index (χ4v) is 5.22. The maximum absolute atomic E-state index is 12.7. The van der Waals surface area contributed by atoms with Gasteiger partial charge in [0.1, 0.15) is 12.0 Å². The number of thioether (sulfide) groups is 1. The van der Waals surface area contributed by atoms with E-state index >= 15 is 0 Å². The van der Waals surface area contributed by atoms with Gasteiger partial charge >= 0.3 is 0 Å². The number of ether oxygens (including phenoxy) is 4. The molecule has 0 aromatic heterocycles. The first-order valence-corrected chi connectivity index (χ1v) is 11.9. The minimum atomic E-state index is -0.0522. The minimum Gasteiger partial charge on any atom is -0.493 e. The second-order valence-corrected chi connectivity index (χ2v) is 8.94. The van der Waals surface area contributed by atoms with Gasteiger partial charge in [0.05, 0.1) is 12.9 Å². The van der Waals surface area contributed by atoms with E-state index in [1.807, 2.05) is 71.6 Å². The molecule has 1 saturated heterocycles. The molecule has 0 bridgehead atoms. The second kappa shape index (κ2) is 9.67. The maximum Gasteiger partial charge on any atom is 0.233 e. The molecule has 0 radical (unpaired) electrons. The predicted octanol–water partition coefficient (Wildman–Crippen LogP) is 4.82. The monoisotopic (exact) mass is 463 g/mol. The molecule has 3 aromatic carbocycles. The van der Waals surface area contributed by atoms with Crippen LogP contribution in [0.4, 0.5) is 0 Å². The third kappa shape index (κ3) is 4.73. The van der Waals surface area contributed by atoms with Gasteiger partial charge in [-0.2, -0.15) is 0 Å². The summed E-state index contributed by atoms with van der Waals surface area (Å²) in [6.45, 7) is 1.36. The molecule has 3 aromatic rings. The summed E-state index contributed by atoms with van der Waals surface area (Å²) in [4.78, 5) is 14.6. The van der Waals surface area contributed by atoms with Crippen LogP contribution in [0.25, 0.3) is 0 Å². The van der Waals surface area contributed by atoms with Crippen LogP contribution >= 0.6 is 11.8 Å². The molecule has 2 aliphatic heterocycles. The van der Waals surface area contributed by atoms with E-state index in [1.54, 1.807) is 18.9 Å². The summed E-state index contributed by atoms with van der Waals surface area (Å²) in [5.41, 5.74) is 3.24. The molecule has 1 unspecified atom stereocenters. The molecule has 0 saturated carbocycles. The molecule has 1 fully saturated rings. The number of nitrogens with zero attached hydrogens (tertiary/aromatic N) is 1. The van der Waals surface area contributed by atoms with Gasteiger partial charge in [0.25, 0.3) is 0 Å². The molecule has 2 aliphatic rings. The highest BCUT2D eigenvalue weighted by Crippen LogP contribution is 2.42. The van der Waals surface area contributed by atoms with Crippen LogP contribution in [0.15, 0.2) is 66.7 Å². The topological polar surface area (TPSA) is 57.2 Å². The molecule has 0 spiro atoms. The van der Waals surface area contributed by atoms with Crippen molar-refractivity contribution in [2.24, 2.45) is 0 Å². The molecule has 6 nitrogen and oxygen atoms in total. The van der Waals surface area contributed by atoms with Crippen molar-refractivity contribution in [1.29, 1.82) is 0 Å². The Kier molecular flexibility index (Phi) is 6.30. The van der Waals surface area contributed by atoms with Crippen molar-refractivity contribution in [2.45, 2.75) is 18.4 Å². The van der Waals surface area contributed by atoms with Gasteiger partial charge < -0.3 is 23.8 Å². The average molecular weight is 464 g/mol. The number of fused-ring (bicyclic) bond motifs is 1. The van der Waals surface area contributed by atoms with E-state index in [0.717, 1.165) is 34.6 Å². The summed E-state index contributed by atoms with van der Waals surface area (Å²) < 4.78 is 22.5. The SMILES string of the molecule is COc1cc(C2SCC(=O)N2CCc2ccc3c(c2)OCO3)ccc1OCc1ccccc1. The molecule has 170 valence electrons. The van der Waals surface area contributed by atoms with Crippen LogP contribution in [-0.4, -0.2) is 37.0 Å². The van der Waals surface area contributed by atoms with Crippen LogP contribution < -0.4 is 18.9 Å². The highest BCUT2D eigenvalue weighted by atomic mass is 32.2. The first-order chi connectivity index (χ1) is 16.2. The van der Waals surface area contributed by atoms with Gasteiger partial charge in [-0.15, -0.1) is 11.8 Å². The molecule has 0 N–H and O–H groups in total. The Bertz CT molecular complexity index is 1140. The van der Waals surface area contributed by atoms with Crippen molar-refractivity contribution in [3.05, 3.63) is 83.4 Å². The largest absolute Gasteiger partial charge is 0.493 e. The van der Waals surface area contributed by atoms with Gasteiger partial charge in [-0.3, -0.25) is 4.79 Å². The second-order valence-electron chi connectivity index (χ2n) is 7.87. The highest BCUT2D eigenvalue weighted by molar-refractivity contribution is 8.00. The number of amides is 1. The normalized spacial score (nSPS) is 16.8. The third-order valence-electron chi connectivity index (χ3n) is 5.76. The lowest BCUT2D eigenvalue weighted by Crippen LogP contribution is -2.30. The van der Waals surface area contributed by atoms with E-state index in [-0.39, 0.29) is 18.1 Å². The van der Waals surface area contributed by atoms with Crippen molar-refractivity contribution in [3.63, 3.8) is 0 Å². The highest BCUT2D eigenvalue weighted by Gasteiger charge is 2.33. The van der Waals surface area contributed by atoms with E-state index in [2.05, 4.69) is 0 Å². The van der Waals surface area contributed by atoms with Crippen LogP contribution in [0.1, 0.15) is 22.1 Å². The Balaban J connectivity index is 1.28. The number of carbonyl (C=O) groups excluding carboxylic acids is 1. The number of methoxy groups -OCH3 is 1. The Morgan fingerprint density at radius 2 is 1.82 bits per heavy atom. The van der Waals surface area contributed by atoms with Gasteiger partial charge in [-0.1, -0.05) is 42.5 Å². The van der Waals surface area contributed by atoms with Crippen molar-refractivity contribution < 1.29 is 23.7 Å². The van der Waals surface area contributed by atoms with E-state index in [1.165, 1.54) is 0 Å². The van der Waals surface area contributed by atoms with Gasteiger partial charge in [0, 0.05) is 6.54 Å². The Morgan fingerprint density at radius 1 is 0.970 bits per heavy atom. The van der Waals surface area contributed by atoms with E-state index in [4.69, 9.17) is 18.9 Å². The lowest BCUT2D eigenvalue weighted by atomic mass is 10.1. The summed E-state index contributed by atoms with van der Waals surface area (Å²) in [7, 11) is 1.64. The molecule has 7 heteroatoms. The zero-order valence-electron chi connectivity index (χ0n) is 18.4.